The maximum Gasteiger partial charge on any atom is 0.0406 e. The molecule has 17 heavy (non-hydrogen) atoms. The van der Waals surface area contributed by atoms with Gasteiger partial charge in [0.25, 0.3) is 0 Å². The van der Waals surface area contributed by atoms with Crippen molar-refractivity contribution >= 4 is 33.2 Å². The zero-order valence-electron chi connectivity index (χ0n) is 9.50. The Hall–Kier alpha value is -0.990. The fourth-order valence-electron chi connectivity index (χ4n) is 1.60. The molecule has 0 saturated heterocycles. The molecule has 2 aromatic carbocycles. The van der Waals surface area contributed by atoms with Gasteiger partial charge < -0.3 is 5.32 Å². The molecular formula is C14H13BrClN. The standard InChI is InChI=1S/C14H13BrClN/c1-10-13(15)3-2-4-14(10)17-9-11-5-7-12(16)8-6-11/h2-8,17H,9H2,1H3. The average Bonchev–Trinajstić information content (AvgIpc) is 2.33. The number of anilines is 1. The summed E-state index contributed by atoms with van der Waals surface area (Å²) in [6.45, 7) is 2.89. The van der Waals surface area contributed by atoms with Crippen molar-refractivity contribution in [2.24, 2.45) is 0 Å². The van der Waals surface area contributed by atoms with Crippen LogP contribution >= 0.6 is 27.5 Å². The lowest BCUT2D eigenvalue weighted by atomic mass is 10.2. The van der Waals surface area contributed by atoms with Gasteiger partial charge in [0.1, 0.15) is 0 Å². The molecule has 0 fully saturated rings. The van der Waals surface area contributed by atoms with Crippen LogP contribution in [0.15, 0.2) is 46.9 Å². The highest BCUT2D eigenvalue weighted by Gasteiger charge is 2.01. The second-order valence-corrected chi connectivity index (χ2v) is 5.18. The van der Waals surface area contributed by atoms with Crippen LogP contribution in [0.3, 0.4) is 0 Å². The summed E-state index contributed by atoms with van der Waals surface area (Å²) in [6.07, 6.45) is 0. The van der Waals surface area contributed by atoms with Crippen LogP contribution in [-0.4, -0.2) is 0 Å². The number of nitrogens with one attached hydrogen (secondary N) is 1. The lowest BCUT2D eigenvalue weighted by Crippen LogP contribution is -2.00. The summed E-state index contributed by atoms with van der Waals surface area (Å²) in [5, 5.41) is 4.19. The predicted octanol–water partition coefficient (Wildman–Crippen LogP) is 5.02. The van der Waals surface area contributed by atoms with Crippen LogP contribution in [0, 0.1) is 6.92 Å². The van der Waals surface area contributed by atoms with Gasteiger partial charge in [-0.3, -0.25) is 0 Å². The van der Waals surface area contributed by atoms with Gasteiger partial charge in [0.2, 0.25) is 0 Å². The maximum absolute atomic E-state index is 5.85. The average molecular weight is 311 g/mol. The highest BCUT2D eigenvalue weighted by molar-refractivity contribution is 9.10. The number of hydrogen-bond acceptors (Lipinski definition) is 1. The van der Waals surface area contributed by atoms with Gasteiger partial charge in [-0.05, 0) is 42.3 Å². The van der Waals surface area contributed by atoms with Gasteiger partial charge in [-0.2, -0.15) is 0 Å². The molecule has 0 aromatic heterocycles. The van der Waals surface area contributed by atoms with Gasteiger partial charge in [0, 0.05) is 21.7 Å². The number of hydrogen-bond donors (Lipinski definition) is 1. The molecule has 0 aliphatic rings. The van der Waals surface area contributed by atoms with Crippen molar-refractivity contribution in [3.05, 3.63) is 63.1 Å². The third kappa shape index (κ3) is 3.24. The number of benzene rings is 2. The fraction of sp³-hybridized carbons (Fsp3) is 0.143. The van der Waals surface area contributed by atoms with E-state index >= 15 is 0 Å². The SMILES string of the molecule is Cc1c(Br)cccc1NCc1ccc(Cl)cc1. The van der Waals surface area contributed by atoms with Crippen molar-refractivity contribution in [1.82, 2.24) is 0 Å². The minimum absolute atomic E-state index is 0.771. The molecule has 0 spiro atoms. The molecule has 0 aliphatic heterocycles. The first-order chi connectivity index (χ1) is 8.16. The van der Waals surface area contributed by atoms with Gasteiger partial charge in [-0.1, -0.05) is 45.7 Å². The second-order valence-electron chi connectivity index (χ2n) is 3.89. The lowest BCUT2D eigenvalue weighted by Gasteiger charge is -2.10. The van der Waals surface area contributed by atoms with Crippen molar-refractivity contribution in [2.75, 3.05) is 5.32 Å². The van der Waals surface area contributed by atoms with Gasteiger partial charge >= 0.3 is 0 Å². The Morgan fingerprint density at radius 3 is 2.53 bits per heavy atom. The highest BCUT2D eigenvalue weighted by Crippen LogP contribution is 2.24. The van der Waals surface area contributed by atoms with Crippen LogP contribution in [0.1, 0.15) is 11.1 Å². The Morgan fingerprint density at radius 1 is 1.12 bits per heavy atom. The van der Waals surface area contributed by atoms with Crippen molar-refractivity contribution in [2.45, 2.75) is 13.5 Å². The van der Waals surface area contributed by atoms with Crippen LogP contribution in [0.4, 0.5) is 5.69 Å². The van der Waals surface area contributed by atoms with Gasteiger partial charge in [-0.25, -0.2) is 0 Å². The summed E-state index contributed by atoms with van der Waals surface area (Å²) in [5.41, 5.74) is 3.59. The Balaban J connectivity index is 2.07. The maximum atomic E-state index is 5.85. The molecule has 0 amide bonds. The van der Waals surface area contributed by atoms with Crippen LogP contribution in [0.25, 0.3) is 0 Å². The largest absolute Gasteiger partial charge is 0.381 e. The Kier molecular flexibility index (Phi) is 4.08. The smallest absolute Gasteiger partial charge is 0.0406 e. The summed E-state index contributed by atoms with van der Waals surface area (Å²) in [5.74, 6) is 0. The van der Waals surface area contributed by atoms with E-state index in [9.17, 15) is 0 Å². The predicted molar refractivity (Wildman–Crippen MR) is 77.7 cm³/mol. The molecule has 0 aliphatic carbocycles. The Morgan fingerprint density at radius 2 is 1.82 bits per heavy atom. The zero-order valence-corrected chi connectivity index (χ0v) is 11.8. The molecule has 0 saturated carbocycles. The summed E-state index contributed by atoms with van der Waals surface area (Å²) < 4.78 is 1.12. The molecule has 3 heteroatoms. The Labute approximate surface area is 115 Å². The van der Waals surface area contributed by atoms with Crippen molar-refractivity contribution in [1.29, 1.82) is 0 Å². The lowest BCUT2D eigenvalue weighted by molar-refractivity contribution is 1.14. The first-order valence-corrected chi connectivity index (χ1v) is 6.57. The van der Waals surface area contributed by atoms with E-state index in [-0.39, 0.29) is 0 Å². The van der Waals surface area contributed by atoms with Gasteiger partial charge in [0.05, 0.1) is 0 Å². The molecule has 2 aromatic rings. The minimum atomic E-state index is 0.771. The van der Waals surface area contributed by atoms with E-state index in [1.54, 1.807) is 0 Å². The molecule has 88 valence electrons. The molecule has 0 unspecified atom stereocenters. The van der Waals surface area contributed by atoms with Crippen molar-refractivity contribution in [3.8, 4) is 0 Å². The van der Waals surface area contributed by atoms with E-state index in [1.807, 2.05) is 36.4 Å². The van der Waals surface area contributed by atoms with Crippen molar-refractivity contribution < 1.29 is 0 Å². The fourth-order valence-corrected chi connectivity index (χ4v) is 2.09. The Bertz CT molecular complexity index is 508. The molecule has 2 rings (SSSR count). The van der Waals surface area contributed by atoms with Gasteiger partial charge in [0.15, 0.2) is 0 Å². The molecule has 1 nitrogen and oxygen atoms in total. The second kappa shape index (κ2) is 5.56. The van der Waals surface area contributed by atoms with Crippen LogP contribution in [0.5, 0.6) is 0 Å². The van der Waals surface area contributed by atoms with E-state index in [0.29, 0.717) is 0 Å². The summed E-state index contributed by atoms with van der Waals surface area (Å²) in [4.78, 5) is 0. The summed E-state index contributed by atoms with van der Waals surface area (Å²) in [6, 6.07) is 14.0. The third-order valence-corrected chi connectivity index (χ3v) is 3.77. The topological polar surface area (TPSA) is 12.0 Å². The minimum Gasteiger partial charge on any atom is -0.381 e. The third-order valence-electron chi connectivity index (χ3n) is 2.66. The molecule has 0 atom stereocenters. The summed E-state index contributed by atoms with van der Waals surface area (Å²) in [7, 11) is 0. The van der Waals surface area contributed by atoms with Crippen LogP contribution < -0.4 is 5.32 Å². The first-order valence-electron chi connectivity index (χ1n) is 5.40. The first kappa shape index (κ1) is 12.5. The molecule has 0 heterocycles. The zero-order chi connectivity index (χ0) is 12.3. The number of halogens is 2. The van der Waals surface area contributed by atoms with Gasteiger partial charge in [-0.15, -0.1) is 0 Å². The summed E-state index contributed by atoms with van der Waals surface area (Å²) >= 11 is 9.37. The van der Waals surface area contributed by atoms with Crippen molar-refractivity contribution in [3.63, 3.8) is 0 Å². The van der Waals surface area contributed by atoms with Crippen LogP contribution in [-0.2, 0) is 6.54 Å². The monoisotopic (exact) mass is 309 g/mol. The van der Waals surface area contributed by atoms with E-state index in [1.165, 1.54) is 11.1 Å². The van der Waals surface area contributed by atoms with E-state index < -0.39 is 0 Å². The van der Waals surface area contributed by atoms with E-state index in [2.05, 4.69) is 34.2 Å². The molecular weight excluding hydrogens is 298 g/mol. The quantitative estimate of drug-likeness (QED) is 0.839. The van der Waals surface area contributed by atoms with E-state index in [4.69, 9.17) is 11.6 Å². The number of rotatable bonds is 3. The van der Waals surface area contributed by atoms with Crippen LogP contribution in [0.2, 0.25) is 5.02 Å². The molecule has 0 bridgehead atoms. The highest BCUT2D eigenvalue weighted by atomic mass is 79.9. The molecule has 0 radical (unpaired) electrons. The molecule has 1 N–H and O–H groups in total. The van der Waals surface area contributed by atoms with E-state index in [0.717, 1.165) is 21.7 Å². The normalized spacial score (nSPS) is 10.3.